The normalized spacial score (nSPS) is 9.65. The Morgan fingerprint density at radius 1 is 1.35 bits per heavy atom. The van der Waals surface area contributed by atoms with Crippen LogP contribution in [0.5, 0.6) is 5.75 Å². The zero-order valence-corrected chi connectivity index (χ0v) is 9.09. The summed E-state index contributed by atoms with van der Waals surface area (Å²) in [6.07, 6.45) is -0.0118. The van der Waals surface area contributed by atoms with Gasteiger partial charge >= 0.3 is 11.9 Å². The van der Waals surface area contributed by atoms with Crippen molar-refractivity contribution in [2.45, 2.75) is 6.42 Å². The maximum absolute atomic E-state index is 11.0. The predicted molar refractivity (Wildman–Crippen MR) is 59.6 cm³/mol. The number of hydrogen-bond donors (Lipinski definition) is 2. The average molecular weight is 239 g/mol. The lowest BCUT2D eigenvalue weighted by atomic mass is 10.3. The van der Waals surface area contributed by atoms with Gasteiger partial charge in [0, 0.05) is 11.8 Å². The molecule has 6 nitrogen and oxygen atoms in total. The molecule has 17 heavy (non-hydrogen) atoms. The van der Waals surface area contributed by atoms with Gasteiger partial charge in [0.2, 0.25) is 0 Å². The van der Waals surface area contributed by atoms with E-state index in [1.807, 2.05) is 0 Å². The topological polar surface area (TPSA) is 98.9 Å². The highest BCUT2D eigenvalue weighted by molar-refractivity contribution is 5.75. The fraction of sp³-hybridized carbons (Fsp3) is 0.273. The number of hydrogen-bond acceptors (Lipinski definition) is 5. The van der Waals surface area contributed by atoms with Crippen molar-refractivity contribution in [2.75, 3.05) is 18.9 Å². The summed E-state index contributed by atoms with van der Waals surface area (Å²) >= 11 is 0. The number of ether oxygens (including phenoxy) is 2. The third kappa shape index (κ3) is 5.41. The molecule has 92 valence electrons. The number of nitrogens with two attached hydrogens (primary N) is 1. The fourth-order valence-electron chi connectivity index (χ4n) is 1.07. The lowest BCUT2D eigenvalue weighted by Gasteiger charge is -2.06. The molecule has 6 heteroatoms. The molecule has 0 unspecified atom stereocenters. The van der Waals surface area contributed by atoms with Crippen molar-refractivity contribution >= 4 is 17.6 Å². The van der Waals surface area contributed by atoms with Gasteiger partial charge in [-0.3, -0.25) is 4.79 Å². The number of aliphatic carboxylic acids is 1. The summed E-state index contributed by atoms with van der Waals surface area (Å²) in [7, 11) is 0. The molecule has 0 amide bonds. The quantitative estimate of drug-likeness (QED) is 0.559. The van der Waals surface area contributed by atoms with E-state index in [2.05, 4.69) is 4.74 Å². The highest BCUT2D eigenvalue weighted by Crippen LogP contribution is 2.14. The van der Waals surface area contributed by atoms with Gasteiger partial charge in [-0.05, 0) is 12.1 Å². The first-order valence-corrected chi connectivity index (χ1v) is 4.93. The summed E-state index contributed by atoms with van der Waals surface area (Å²) in [6, 6.07) is 6.78. The van der Waals surface area contributed by atoms with Crippen LogP contribution in [0.4, 0.5) is 5.69 Å². The molecule has 0 aliphatic carbocycles. The number of rotatable bonds is 6. The Morgan fingerprint density at radius 2 is 2.12 bits per heavy atom. The van der Waals surface area contributed by atoms with Crippen LogP contribution >= 0.6 is 0 Å². The molecule has 0 aromatic heterocycles. The first kappa shape index (κ1) is 12.8. The Bertz CT molecular complexity index is 405. The van der Waals surface area contributed by atoms with Crippen LogP contribution in [0.25, 0.3) is 0 Å². The Hall–Kier alpha value is -2.24. The number of anilines is 1. The number of carbonyl (C=O) groups excluding carboxylic acids is 1. The molecular formula is C11H13NO5. The zero-order valence-electron chi connectivity index (χ0n) is 9.09. The number of nitrogen functional groups attached to an aromatic ring is 1. The van der Waals surface area contributed by atoms with Gasteiger partial charge in [-0.2, -0.15) is 0 Å². The van der Waals surface area contributed by atoms with Gasteiger partial charge in [0.05, 0.1) is 13.0 Å². The molecular weight excluding hydrogens is 226 g/mol. The molecule has 0 heterocycles. The van der Waals surface area contributed by atoms with Crippen molar-refractivity contribution in [3.8, 4) is 5.75 Å². The number of benzene rings is 1. The molecule has 0 saturated heterocycles. The van der Waals surface area contributed by atoms with Crippen LogP contribution in [0.3, 0.4) is 0 Å². The van der Waals surface area contributed by atoms with Gasteiger partial charge in [0.15, 0.2) is 6.61 Å². The van der Waals surface area contributed by atoms with Crippen molar-refractivity contribution in [3.63, 3.8) is 0 Å². The number of esters is 1. The monoisotopic (exact) mass is 239 g/mol. The standard InChI is InChI=1S/C11H13NO5/c12-8-2-1-3-9(6-8)16-5-4-11(15)17-7-10(13)14/h1-3,6H,4-5,7,12H2,(H,13,14). The highest BCUT2D eigenvalue weighted by atomic mass is 16.6. The van der Waals surface area contributed by atoms with E-state index in [9.17, 15) is 9.59 Å². The zero-order chi connectivity index (χ0) is 12.7. The van der Waals surface area contributed by atoms with Gasteiger partial charge in [-0.25, -0.2) is 4.79 Å². The van der Waals surface area contributed by atoms with Crippen molar-refractivity contribution < 1.29 is 24.2 Å². The van der Waals surface area contributed by atoms with E-state index in [0.29, 0.717) is 11.4 Å². The van der Waals surface area contributed by atoms with Crippen LogP contribution in [0.2, 0.25) is 0 Å². The molecule has 0 fully saturated rings. The Balaban J connectivity index is 2.23. The highest BCUT2D eigenvalue weighted by Gasteiger charge is 2.06. The Morgan fingerprint density at radius 3 is 2.76 bits per heavy atom. The van der Waals surface area contributed by atoms with Crippen LogP contribution in [0, 0.1) is 0 Å². The van der Waals surface area contributed by atoms with Crippen molar-refractivity contribution in [1.82, 2.24) is 0 Å². The SMILES string of the molecule is Nc1cccc(OCCC(=O)OCC(=O)O)c1. The van der Waals surface area contributed by atoms with Crippen molar-refractivity contribution in [3.05, 3.63) is 24.3 Å². The van der Waals surface area contributed by atoms with E-state index in [4.69, 9.17) is 15.6 Å². The summed E-state index contributed by atoms with van der Waals surface area (Å²) in [5, 5.41) is 8.27. The molecule has 1 rings (SSSR count). The second-order valence-corrected chi connectivity index (χ2v) is 3.23. The molecule has 0 aliphatic heterocycles. The minimum absolute atomic E-state index is 0.0118. The first-order valence-electron chi connectivity index (χ1n) is 4.93. The van der Waals surface area contributed by atoms with Crippen LogP contribution in [0.15, 0.2) is 24.3 Å². The molecule has 0 bridgehead atoms. The van der Waals surface area contributed by atoms with Crippen LogP contribution in [0.1, 0.15) is 6.42 Å². The third-order valence-electron chi connectivity index (χ3n) is 1.79. The minimum atomic E-state index is -1.19. The third-order valence-corrected chi connectivity index (χ3v) is 1.79. The number of carbonyl (C=O) groups is 2. The predicted octanol–water partition coefficient (Wildman–Crippen LogP) is 0.665. The van der Waals surface area contributed by atoms with E-state index < -0.39 is 18.5 Å². The lowest BCUT2D eigenvalue weighted by molar-refractivity contribution is -0.155. The smallest absolute Gasteiger partial charge is 0.341 e. The van der Waals surface area contributed by atoms with E-state index in [-0.39, 0.29) is 13.0 Å². The van der Waals surface area contributed by atoms with Gasteiger partial charge in [0.1, 0.15) is 5.75 Å². The van der Waals surface area contributed by atoms with E-state index in [1.54, 1.807) is 24.3 Å². The van der Waals surface area contributed by atoms with Crippen molar-refractivity contribution in [1.29, 1.82) is 0 Å². The Labute approximate surface area is 97.9 Å². The summed E-state index contributed by atoms with van der Waals surface area (Å²) in [5.74, 6) is -1.25. The van der Waals surface area contributed by atoms with E-state index in [1.165, 1.54) is 0 Å². The number of carboxylic acids is 1. The number of carboxylic acid groups (broad SMARTS) is 1. The molecule has 0 saturated carbocycles. The molecule has 3 N–H and O–H groups in total. The summed E-state index contributed by atoms with van der Waals surface area (Å²) in [5.41, 5.74) is 6.10. The van der Waals surface area contributed by atoms with Gasteiger partial charge in [-0.1, -0.05) is 6.07 Å². The molecule has 0 spiro atoms. The van der Waals surface area contributed by atoms with Crippen LogP contribution in [-0.4, -0.2) is 30.3 Å². The molecule has 1 aromatic carbocycles. The van der Waals surface area contributed by atoms with Crippen LogP contribution < -0.4 is 10.5 Å². The molecule has 0 aliphatic rings. The Kier molecular flexibility index (Phi) is 4.80. The van der Waals surface area contributed by atoms with Gasteiger partial charge in [-0.15, -0.1) is 0 Å². The van der Waals surface area contributed by atoms with Crippen LogP contribution in [-0.2, 0) is 14.3 Å². The lowest BCUT2D eigenvalue weighted by Crippen LogP contribution is -2.15. The van der Waals surface area contributed by atoms with E-state index >= 15 is 0 Å². The van der Waals surface area contributed by atoms with Gasteiger partial charge < -0.3 is 20.3 Å². The summed E-state index contributed by atoms with van der Waals surface area (Å²) < 4.78 is 9.66. The van der Waals surface area contributed by atoms with Crippen molar-refractivity contribution in [2.24, 2.45) is 0 Å². The fourth-order valence-corrected chi connectivity index (χ4v) is 1.07. The molecule has 0 atom stereocenters. The second-order valence-electron chi connectivity index (χ2n) is 3.23. The first-order chi connectivity index (χ1) is 8.08. The van der Waals surface area contributed by atoms with E-state index in [0.717, 1.165) is 0 Å². The maximum Gasteiger partial charge on any atom is 0.341 e. The largest absolute Gasteiger partial charge is 0.493 e. The molecule has 0 radical (unpaired) electrons. The average Bonchev–Trinajstić information content (AvgIpc) is 2.26. The second kappa shape index (κ2) is 6.37. The minimum Gasteiger partial charge on any atom is -0.493 e. The summed E-state index contributed by atoms with van der Waals surface area (Å²) in [4.78, 5) is 21.1. The molecule has 1 aromatic rings. The summed E-state index contributed by atoms with van der Waals surface area (Å²) in [6.45, 7) is -0.515. The van der Waals surface area contributed by atoms with Gasteiger partial charge in [0.25, 0.3) is 0 Å². The maximum atomic E-state index is 11.0.